The summed E-state index contributed by atoms with van der Waals surface area (Å²) in [6.45, 7) is 18.0. The van der Waals surface area contributed by atoms with Crippen LogP contribution in [0.15, 0.2) is 54.1 Å². The zero-order valence-electron chi connectivity index (χ0n) is 28.2. The molecule has 2 amide bonds. The third-order valence-electron chi connectivity index (χ3n) is 8.72. The number of methoxy groups -OCH3 is 1. The molecule has 246 valence electrons. The summed E-state index contributed by atoms with van der Waals surface area (Å²) in [6, 6.07) is 11.9. The zero-order chi connectivity index (χ0) is 33.9. The van der Waals surface area contributed by atoms with Gasteiger partial charge in [-0.3, -0.25) is 14.4 Å². The number of hydrogen-bond donors (Lipinski definition) is 1. The number of nitrogens with one attached hydrogen (secondary N) is 1. The molecule has 45 heavy (non-hydrogen) atoms. The summed E-state index contributed by atoms with van der Waals surface area (Å²) in [7, 11) is 0.798. The lowest BCUT2D eigenvalue weighted by Gasteiger charge is -2.52. The molecule has 1 unspecified atom stereocenters. The number of piperidine rings is 1. The molecule has 1 fully saturated rings. The van der Waals surface area contributed by atoms with E-state index >= 15 is 0 Å². The van der Waals surface area contributed by atoms with Crippen molar-refractivity contribution in [2.75, 3.05) is 19.0 Å². The van der Waals surface area contributed by atoms with Gasteiger partial charge in [0, 0.05) is 40.9 Å². The Balaban J connectivity index is 0.000000610. The van der Waals surface area contributed by atoms with Gasteiger partial charge in [-0.15, -0.1) is 0 Å². The highest BCUT2D eigenvalue weighted by molar-refractivity contribution is 6.77. The standard InChI is InChI=1S/C29H32Cl2N2O4.C6H16OSi/c1-6-17(7-2)26-29(21-12-11-20(31)14-23(21)32-27(29)36)22(18-9-8-10-19(30)13-18)15-24(34)33(26)16-25(35)37-28(3,4)5;1-6(7-2)8(3,4)5/h6,8-14,22,26H,7,15-16H2,1-5H3,(H,32,36);6H,1-5H3/t22-,26+,29-;/m0./s1. The van der Waals surface area contributed by atoms with Gasteiger partial charge in [-0.05, 0) is 76.4 Å². The Hall–Kier alpha value is -2.65. The van der Waals surface area contributed by atoms with Crippen molar-refractivity contribution in [1.29, 1.82) is 0 Å². The number of benzene rings is 2. The number of amides is 2. The second-order valence-electron chi connectivity index (χ2n) is 13.8. The number of esters is 1. The second kappa shape index (κ2) is 14.4. The molecular formula is C35H48Cl2N2O5Si. The lowest BCUT2D eigenvalue weighted by Crippen LogP contribution is -2.64. The van der Waals surface area contributed by atoms with Gasteiger partial charge in [-0.2, -0.15) is 0 Å². The number of halogens is 2. The van der Waals surface area contributed by atoms with Gasteiger partial charge in [0.2, 0.25) is 11.8 Å². The number of fused-ring (bicyclic) bond motifs is 2. The second-order valence-corrected chi connectivity index (χ2v) is 20.2. The highest BCUT2D eigenvalue weighted by Crippen LogP contribution is 2.57. The number of nitrogens with zero attached hydrogens (tertiary/aromatic N) is 1. The number of ether oxygens (including phenoxy) is 2. The Labute approximate surface area is 279 Å². The molecule has 1 saturated heterocycles. The van der Waals surface area contributed by atoms with Crippen LogP contribution < -0.4 is 5.32 Å². The summed E-state index contributed by atoms with van der Waals surface area (Å²) in [5.74, 6) is -1.52. The van der Waals surface area contributed by atoms with Crippen molar-refractivity contribution < 1.29 is 23.9 Å². The van der Waals surface area contributed by atoms with Gasteiger partial charge in [0.25, 0.3) is 0 Å². The summed E-state index contributed by atoms with van der Waals surface area (Å²) in [6.07, 6.45) is 2.54. The summed E-state index contributed by atoms with van der Waals surface area (Å²) >= 11 is 12.7. The van der Waals surface area contributed by atoms with Crippen LogP contribution in [0.3, 0.4) is 0 Å². The van der Waals surface area contributed by atoms with Crippen molar-refractivity contribution in [1.82, 2.24) is 4.90 Å². The number of allylic oxidation sites excluding steroid dienone is 1. The van der Waals surface area contributed by atoms with Gasteiger partial charge in [0.15, 0.2) is 0 Å². The van der Waals surface area contributed by atoms with Crippen molar-refractivity contribution >= 4 is 54.7 Å². The van der Waals surface area contributed by atoms with Crippen molar-refractivity contribution in [3.05, 3.63) is 75.3 Å². The molecule has 7 nitrogen and oxygen atoms in total. The van der Waals surface area contributed by atoms with Crippen LogP contribution in [0.25, 0.3) is 0 Å². The maximum absolute atomic E-state index is 14.2. The number of hydrogen-bond acceptors (Lipinski definition) is 5. The van der Waals surface area contributed by atoms with Crippen LogP contribution in [0.5, 0.6) is 0 Å². The van der Waals surface area contributed by atoms with E-state index in [0.29, 0.717) is 27.9 Å². The highest BCUT2D eigenvalue weighted by atomic mass is 35.5. The number of rotatable bonds is 7. The van der Waals surface area contributed by atoms with E-state index in [2.05, 4.69) is 31.9 Å². The summed E-state index contributed by atoms with van der Waals surface area (Å²) in [5.41, 5.74) is 1.57. The minimum atomic E-state index is -1.21. The van der Waals surface area contributed by atoms with Crippen molar-refractivity contribution in [2.24, 2.45) is 0 Å². The molecule has 2 aliphatic rings. The summed E-state index contributed by atoms with van der Waals surface area (Å²) < 4.78 is 10.8. The maximum Gasteiger partial charge on any atom is 0.326 e. The Morgan fingerprint density at radius 3 is 2.29 bits per heavy atom. The smallest absolute Gasteiger partial charge is 0.326 e. The van der Waals surface area contributed by atoms with Crippen LogP contribution in [0.2, 0.25) is 29.7 Å². The molecule has 4 rings (SSSR count). The predicted octanol–water partition coefficient (Wildman–Crippen LogP) is 8.16. The van der Waals surface area contributed by atoms with Crippen molar-refractivity contribution in [2.45, 2.75) is 103 Å². The fourth-order valence-corrected chi connectivity index (χ4v) is 7.26. The van der Waals surface area contributed by atoms with Gasteiger partial charge in [0.1, 0.15) is 17.6 Å². The van der Waals surface area contributed by atoms with Gasteiger partial charge < -0.3 is 19.7 Å². The monoisotopic (exact) mass is 674 g/mol. The van der Waals surface area contributed by atoms with Gasteiger partial charge in [0.05, 0.1) is 14.1 Å². The normalized spacial score (nSPS) is 22.4. The molecule has 0 bridgehead atoms. The first-order chi connectivity index (χ1) is 20.9. The largest absolute Gasteiger partial charge is 0.459 e. The van der Waals surface area contributed by atoms with Gasteiger partial charge >= 0.3 is 5.97 Å². The van der Waals surface area contributed by atoms with E-state index in [-0.39, 0.29) is 24.8 Å². The van der Waals surface area contributed by atoms with Crippen LogP contribution in [-0.4, -0.2) is 61.8 Å². The quantitative estimate of drug-likeness (QED) is 0.182. The molecule has 1 N–H and O–H groups in total. The summed E-state index contributed by atoms with van der Waals surface area (Å²) in [5, 5.41) is 4.05. The van der Waals surface area contributed by atoms with E-state index < -0.39 is 37.0 Å². The molecule has 1 spiro atoms. The fraction of sp³-hybridized carbons (Fsp3) is 0.514. The SMILES string of the molecule is CC=C(CC)[C@H]1N(CC(=O)OC(C)(C)C)C(=O)C[C@@H](c2cccc(Cl)c2)[C@]12C(=O)Nc1cc(Cl)ccc12.COC(C)[Si](C)(C)C. The van der Waals surface area contributed by atoms with E-state index in [4.69, 9.17) is 32.7 Å². The minimum Gasteiger partial charge on any atom is -0.459 e. The number of likely N-dealkylation sites (tertiary alicyclic amines) is 1. The van der Waals surface area contributed by atoms with E-state index in [1.807, 2.05) is 44.2 Å². The summed E-state index contributed by atoms with van der Waals surface area (Å²) in [4.78, 5) is 42.6. The molecule has 2 aromatic carbocycles. The van der Waals surface area contributed by atoms with Gasteiger partial charge in [-0.1, -0.05) is 79.6 Å². The maximum atomic E-state index is 14.2. The Kier molecular flexibility index (Phi) is 11.8. The van der Waals surface area contributed by atoms with E-state index in [1.165, 1.54) is 4.90 Å². The molecule has 2 heterocycles. The number of carbonyl (C=O) groups excluding carboxylic acids is 3. The molecular weight excluding hydrogens is 627 g/mol. The first-order valence-electron chi connectivity index (χ1n) is 15.5. The van der Waals surface area contributed by atoms with Gasteiger partial charge in [-0.25, -0.2) is 0 Å². The fourth-order valence-electron chi connectivity index (χ4n) is 6.18. The first-order valence-corrected chi connectivity index (χ1v) is 19.8. The van der Waals surface area contributed by atoms with Crippen LogP contribution >= 0.6 is 23.2 Å². The number of anilines is 1. The third-order valence-corrected chi connectivity index (χ3v) is 11.9. The first kappa shape index (κ1) is 36.8. The van der Waals surface area contributed by atoms with E-state index in [0.717, 1.165) is 16.7 Å². The molecule has 2 aromatic rings. The van der Waals surface area contributed by atoms with Crippen LogP contribution in [0.4, 0.5) is 5.69 Å². The topological polar surface area (TPSA) is 84.9 Å². The lowest BCUT2D eigenvalue weighted by atomic mass is 9.58. The van der Waals surface area contributed by atoms with Crippen LogP contribution in [0.1, 0.15) is 71.4 Å². The lowest BCUT2D eigenvalue weighted by molar-refractivity contribution is -0.163. The Bertz CT molecular complexity index is 1450. The molecule has 0 aromatic heterocycles. The average Bonchev–Trinajstić information content (AvgIpc) is 3.21. The molecule has 0 aliphatic carbocycles. The molecule has 4 atom stereocenters. The third kappa shape index (κ3) is 8.02. The van der Waals surface area contributed by atoms with Crippen LogP contribution in [0, 0.1) is 0 Å². The predicted molar refractivity (Wildman–Crippen MR) is 186 cm³/mol. The Morgan fingerprint density at radius 1 is 1.13 bits per heavy atom. The van der Waals surface area contributed by atoms with E-state index in [9.17, 15) is 14.4 Å². The van der Waals surface area contributed by atoms with Crippen LogP contribution in [-0.2, 0) is 29.3 Å². The number of carbonyl (C=O) groups is 3. The zero-order valence-corrected chi connectivity index (χ0v) is 30.7. The van der Waals surface area contributed by atoms with E-state index in [1.54, 1.807) is 46.1 Å². The average molecular weight is 676 g/mol. The highest BCUT2D eigenvalue weighted by Gasteiger charge is 2.63. The van der Waals surface area contributed by atoms with Crippen molar-refractivity contribution in [3.63, 3.8) is 0 Å². The molecule has 2 aliphatic heterocycles. The molecule has 0 saturated carbocycles. The molecule has 0 radical (unpaired) electrons. The van der Waals surface area contributed by atoms with Crippen molar-refractivity contribution in [3.8, 4) is 0 Å². The Morgan fingerprint density at radius 2 is 1.78 bits per heavy atom. The minimum absolute atomic E-state index is 0.0236. The molecule has 10 heteroatoms.